The third-order valence-electron chi connectivity index (χ3n) is 4.46. The summed E-state index contributed by atoms with van der Waals surface area (Å²) < 4.78 is 5.30. The smallest absolute Gasteiger partial charge is 0.342 e. The monoisotopic (exact) mass is 378 g/mol. The molecule has 0 unspecified atom stereocenters. The molecular formula is C23H22O5. The molecule has 2 aromatic rings. The molecule has 5 heteroatoms. The number of phenolic OH excluding ortho intramolecular Hbond substituents is 1. The van der Waals surface area contributed by atoms with Crippen LogP contribution < -0.4 is 0 Å². The number of hydrogen-bond donors (Lipinski definition) is 2. The summed E-state index contributed by atoms with van der Waals surface area (Å²) in [6.07, 6.45) is 6.23. The van der Waals surface area contributed by atoms with Crippen LogP contribution in [-0.2, 0) is 9.53 Å². The Morgan fingerprint density at radius 2 is 1.75 bits per heavy atom. The van der Waals surface area contributed by atoms with Gasteiger partial charge in [0.25, 0.3) is 0 Å². The fourth-order valence-electron chi connectivity index (χ4n) is 3.10. The summed E-state index contributed by atoms with van der Waals surface area (Å²) in [5.41, 5.74) is 2.25. The molecule has 0 spiro atoms. The lowest BCUT2D eigenvalue weighted by Crippen LogP contribution is -2.12. The van der Waals surface area contributed by atoms with E-state index in [0.717, 1.165) is 11.1 Å². The number of hydrogen-bond acceptors (Lipinski definition) is 5. The Labute approximate surface area is 163 Å². The second kappa shape index (κ2) is 9.15. The molecule has 0 saturated heterocycles. The maximum absolute atomic E-state index is 12.7. The Balaban J connectivity index is 2.07. The van der Waals surface area contributed by atoms with Gasteiger partial charge in [-0.05, 0) is 36.1 Å². The number of aliphatic hydroxyl groups is 1. The molecule has 144 valence electrons. The van der Waals surface area contributed by atoms with E-state index in [-0.39, 0.29) is 36.5 Å². The Hall–Kier alpha value is -3.18. The van der Waals surface area contributed by atoms with Crippen LogP contribution in [0.15, 0.2) is 60.7 Å². The lowest BCUT2D eigenvalue weighted by molar-refractivity contribution is -0.116. The van der Waals surface area contributed by atoms with Crippen LogP contribution in [0.2, 0.25) is 0 Å². The van der Waals surface area contributed by atoms with Crippen LogP contribution in [0.3, 0.4) is 0 Å². The summed E-state index contributed by atoms with van der Waals surface area (Å²) in [7, 11) is 0. The molecule has 0 fully saturated rings. The molecule has 0 saturated carbocycles. The number of phenols is 1. The second-order valence-electron chi connectivity index (χ2n) is 6.58. The van der Waals surface area contributed by atoms with Crippen molar-refractivity contribution in [2.45, 2.75) is 25.4 Å². The third-order valence-corrected chi connectivity index (χ3v) is 4.46. The van der Waals surface area contributed by atoms with Gasteiger partial charge >= 0.3 is 5.97 Å². The fourth-order valence-corrected chi connectivity index (χ4v) is 3.10. The number of ether oxygens (including phenoxy) is 1. The van der Waals surface area contributed by atoms with Gasteiger partial charge in [0, 0.05) is 12.0 Å². The van der Waals surface area contributed by atoms with Gasteiger partial charge in [-0.15, -0.1) is 0 Å². The van der Waals surface area contributed by atoms with Gasteiger partial charge < -0.3 is 14.9 Å². The quantitative estimate of drug-likeness (QED) is 0.736. The molecule has 2 N–H and O–H groups in total. The zero-order valence-electron chi connectivity index (χ0n) is 15.4. The number of rotatable bonds is 1. The molecule has 0 aromatic heterocycles. The Morgan fingerprint density at radius 1 is 0.964 bits per heavy atom. The van der Waals surface area contributed by atoms with E-state index in [1.807, 2.05) is 30.3 Å². The first-order valence-corrected chi connectivity index (χ1v) is 9.18. The number of ketones is 1. The number of fused-ring (bicyclic) bond motifs is 1. The van der Waals surface area contributed by atoms with Gasteiger partial charge in [0.15, 0.2) is 5.78 Å². The molecule has 0 aliphatic carbocycles. The zero-order chi connectivity index (χ0) is 19.9. The van der Waals surface area contributed by atoms with Crippen LogP contribution in [0.4, 0.5) is 0 Å². The maximum atomic E-state index is 12.7. The summed E-state index contributed by atoms with van der Waals surface area (Å²) in [6.45, 7) is 0.0866. The third kappa shape index (κ3) is 4.75. The number of aromatic hydroxyl groups is 1. The first-order chi connectivity index (χ1) is 13.6. The number of carbonyl (C=O) groups is 2. The number of allylic oxidation sites excluding steroid dienone is 1. The van der Waals surface area contributed by atoms with Crippen LogP contribution in [0, 0.1) is 0 Å². The average molecular weight is 378 g/mol. The Morgan fingerprint density at radius 3 is 2.54 bits per heavy atom. The molecule has 2 aromatic carbocycles. The molecule has 1 aliphatic rings. The highest BCUT2D eigenvalue weighted by Crippen LogP contribution is 2.33. The molecule has 0 radical (unpaired) electrons. The summed E-state index contributed by atoms with van der Waals surface area (Å²) in [6, 6.07) is 12.7. The number of aliphatic hydroxyl groups excluding tert-OH is 1. The Kier molecular flexibility index (Phi) is 6.40. The van der Waals surface area contributed by atoms with Crippen LogP contribution in [0.1, 0.15) is 35.2 Å². The lowest BCUT2D eigenvalue weighted by atomic mass is 9.93. The van der Waals surface area contributed by atoms with Crippen LogP contribution >= 0.6 is 0 Å². The van der Waals surface area contributed by atoms with Gasteiger partial charge in [-0.25, -0.2) is 4.79 Å². The van der Waals surface area contributed by atoms with Gasteiger partial charge in [0.1, 0.15) is 11.3 Å². The molecule has 3 rings (SSSR count). The van der Waals surface area contributed by atoms with Gasteiger partial charge in [-0.1, -0.05) is 54.6 Å². The first kappa shape index (κ1) is 19.6. The van der Waals surface area contributed by atoms with E-state index in [1.54, 1.807) is 24.3 Å². The van der Waals surface area contributed by atoms with E-state index in [1.165, 1.54) is 12.1 Å². The van der Waals surface area contributed by atoms with Gasteiger partial charge in [-0.3, -0.25) is 4.79 Å². The van der Waals surface area contributed by atoms with Crippen molar-refractivity contribution in [1.82, 2.24) is 0 Å². The standard InChI is InChI=1S/C23H22O5/c24-17-9-4-5-14-28-23(27)22-20(11-6-10-18(25)15-17)19(12-13-21(22)26)16-7-2-1-3-8-16/h1-4,6-9,11-13,18,25-26H,5,10,14-15H2/b9-4-,11-6+/t18-/m0/s1. The predicted octanol–water partition coefficient (Wildman–Crippen LogP) is 3.90. The van der Waals surface area contributed by atoms with Gasteiger partial charge in [0.2, 0.25) is 0 Å². The van der Waals surface area contributed by atoms with Crippen molar-refractivity contribution < 1.29 is 24.5 Å². The molecule has 1 atom stereocenters. The normalized spacial score (nSPS) is 20.5. The van der Waals surface area contributed by atoms with E-state index in [0.29, 0.717) is 12.0 Å². The van der Waals surface area contributed by atoms with Crippen LogP contribution in [0.5, 0.6) is 5.75 Å². The number of benzene rings is 2. The fraction of sp³-hybridized carbons (Fsp3) is 0.217. The first-order valence-electron chi connectivity index (χ1n) is 9.18. The minimum atomic E-state index is -0.816. The summed E-state index contributed by atoms with van der Waals surface area (Å²) in [4.78, 5) is 24.4. The topological polar surface area (TPSA) is 83.8 Å². The summed E-state index contributed by atoms with van der Waals surface area (Å²) in [5, 5.41) is 20.4. The van der Waals surface area contributed by atoms with Crippen molar-refractivity contribution in [3.8, 4) is 16.9 Å². The van der Waals surface area contributed by atoms with Crippen molar-refractivity contribution in [3.63, 3.8) is 0 Å². The molecule has 28 heavy (non-hydrogen) atoms. The predicted molar refractivity (Wildman–Crippen MR) is 107 cm³/mol. The molecule has 0 amide bonds. The molecule has 1 heterocycles. The summed E-state index contributed by atoms with van der Waals surface area (Å²) in [5.74, 6) is -0.970. The number of cyclic esters (lactones) is 1. The van der Waals surface area contributed by atoms with E-state index < -0.39 is 12.1 Å². The van der Waals surface area contributed by atoms with E-state index >= 15 is 0 Å². The SMILES string of the molecule is O=C1/C=C\CCOC(=O)c2c(O)ccc(-c3ccccc3)c2/C=C/C[C@H](O)C1. The van der Waals surface area contributed by atoms with Crippen LogP contribution in [-0.4, -0.2) is 34.7 Å². The minimum absolute atomic E-state index is 0.0269. The van der Waals surface area contributed by atoms with E-state index in [4.69, 9.17) is 4.74 Å². The molecule has 5 nitrogen and oxygen atoms in total. The molecule has 0 bridgehead atoms. The maximum Gasteiger partial charge on any atom is 0.342 e. The van der Waals surface area contributed by atoms with Gasteiger partial charge in [0.05, 0.1) is 12.7 Å². The highest BCUT2D eigenvalue weighted by Gasteiger charge is 2.20. The van der Waals surface area contributed by atoms with Crippen molar-refractivity contribution >= 4 is 17.8 Å². The van der Waals surface area contributed by atoms with E-state index in [9.17, 15) is 19.8 Å². The van der Waals surface area contributed by atoms with Crippen molar-refractivity contribution in [3.05, 3.63) is 71.8 Å². The molecule has 1 aliphatic heterocycles. The largest absolute Gasteiger partial charge is 0.507 e. The average Bonchev–Trinajstić information content (AvgIpc) is 2.68. The van der Waals surface area contributed by atoms with Crippen molar-refractivity contribution in [2.24, 2.45) is 0 Å². The highest BCUT2D eigenvalue weighted by atomic mass is 16.5. The van der Waals surface area contributed by atoms with Crippen molar-refractivity contribution in [2.75, 3.05) is 6.61 Å². The summed E-state index contributed by atoms with van der Waals surface area (Å²) >= 11 is 0. The lowest BCUT2D eigenvalue weighted by Gasteiger charge is -2.14. The van der Waals surface area contributed by atoms with Gasteiger partial charge in [-0.2, -0.15) is 0 Å². The Bertz CT molecular complexity index is 912. The van der Waals surface area contributed by atoms with Crippen LogP contribution in [0.25, 0.3) is 17.2 Å². The minimum Gasteiger partial charge on any atom is -0.507 e. The zero-order valence-corrected chi connectivity index (χ0v) is 15.4. The molecular weight excluding hydrogens is 356 g/mol. The highest BCUT2D eigenvalue weighted by molar-refractivity contribution is 6.00. The number of esters is 1. The van der Waals surface area contributed by atoms with E-state index in [2.05, 4.69) is 0 Å². The number of carbonyl (C=O) groups excluding carboxylic acids is 2. The van der Waals surface area contributed by atoms with Crippen molar-refractivity contribution in [1.29, 1.82) is 0 Å². The second-order valence-corrected chi connectivity index (χ2v) is 6.58.